The molecule has 1 atom stereocenters. The second-order valence-corrected chi connectivity index (χ2v) is 7.31. The van der Waals surface area contributed by atoms with Gasteiger partial charge in [0.05, 0.1) is 0 Å². The van der Waals surface area contributed by atoms with E-state index in [1.54, 1.807) is 14.2 Å². The Labute approximate surface area is 171 Å². The zero-order valence-electron chi connectivity index (χ0n) is 17.8. The fourth-order valence-corrected chi connectivity index (χ4v) is 3.61. The first-order chi connectivity index (χ1) is 14.0. The molecule has 0 saturated carbocycles. The molecule has 0 aliphatic rings. The van der Waals surface area contributed by atoms with Crippen LogP contribution in [-0.2, 0) is 15.9 Å². The van der Waals surface area contributed by atoms with Crippen molar-refractivity contribution in [1.29, 1.82) is 0 Å². The fraction of sp³-hybridized carbons (Fsp3) is 0.455. The Morgan fingerprint density at radius 3 is 2.28 bits per heavy atom. The molecule has 0 saturated heterocycles. The molecule has 0 radical (unpaired) electrons. The van der Waals surface area contributed by atoms with Crippen LogP contribution in [0.1, 0.15) is 25.0 Å². The number of likely N-dealkylation sites (N-methyl/N-ethyl adjacent to an activating group) is 1. The molecule has 0 spiro atoms. The number of methoxy groups -OCH3 is 2. The largest absolute Gasteiger partial charge is 0.505 e. The number of aryl methyl sites for hydroxylation is 1. The maximum atomic E-state index is 11.0. The molecular weight excluding hydrogens is 368 g/mol. The zero-order valence-corrected chi connectivity index (χ0v) is 17.8. The Kier molecular flexibility index (Phi) is 6.84. The van der Waals surface area contributed by atoms with Crippen molar-refractivity contribution in [1.82, 2.24) is 19.9 Å². The number of nitrogens with zero attached hydrogens (tertiary/aromatic N) is 4. The van der Waals surface area contributed by atoms with Gasteiger partial charge in [0.25, 0.3) is 0 Å². The van der Waals surface area contributed by atoms with Crippen molar-refractivity contribution in [3.8, 4) is 11.4 Å². The van der Waals surface area contributed by atoms with Gasteiger partial charge in [-0.05, 0) is 56.1 Å². The highest BCUT2D eigenvalue weighted by Crippen LogP contribution is 2.29. The Morgan fingerprint density at radius 1 is 1.10 bits per heavy atom. The fourth-order valence-electron chi connectivity index (χ4n) is 3.61. The molecule has 7 heteroatoms. The first-order valence-electron chi connectivity index (χ1n) is 9.91. The quantitative estimate of drug-likeness (QED) is 0.558. The van der Waals surface area contributed by atoms with E-state index in [0.29, 0.717) is 18.7 Å². The molecule has 29 heavy (non-hydrogen) atoms. The summed E-state index contributed by atoms with van der Waals surface area (Å²) in [5.41, 5.74) is 4.11. The van der Waals surface area contributed by atoms with Crippen LogP contribution in [0.3, 0.4) is 0 Å². The molecule has 2 aromatic carbocycles. The maximum Gasteiger partial charge on any atom is 0.169 e. The van der Waals surface area contributed by atoms with Crippen LogP contribution < -0.4 is 0 Å². The van der Waals surface area contributed by atoms with Gasteiger partial charge in [-0.3, -0.25) is 4.90 Å². The number of hydrogen-bond donors (Lipinski definition) is 1. The molecule has 0 bridgehead atoms. The van der Waals surface area contributed by atoms with E-state index in [0.717, 1.165) is 28.7 Å². The van der Waals surface area contributed by atoms with Crippen LogP contribution in [-0.4, -0.2) is 64.6 Å². The second kappa shape index (κ2) is 9.35. The van der Waals surface area contributed by atoms with Crippen LogP contribution in [0, 0.1) is 6.92 Å². The molecule has 0 fully saturated rings. The Bertz CT molecular complexity index is 919. The second-order valence-electron chi connectivity index (χ2n) is 7.31. The third-order valence-corrected chi connectivity index (χ3v) is 5.27. The Balaban J connectivity index is 1.88. The molecule has 3 aromatic rings. The van der Waals surface area contributed by atoms with Gasteiger partial charge in [-0.2, -0.15) is 0 Å². The number of aromatic hydroxyl groups is 1. The van der Waals surface area contributed by atoms with E-state index in [1.807, 2.05) is 43.3 Å². The summed E-state index contributed by atoms with van der Waals surface area (Å²) < 4.78 is 10.7. The van der Waals surface area contributed by atoms with Crippen molar-refractivity contribution in [3.05, 3.63) is 47.5 Å². The summed E-state index contributed by atoms with van der Waals surface area (Å²) in [6.07, 6.45) is 0.412. The van der Waals surface area contributed by atoms with Crippen LogP contribution in [0.2, 0.25) is 0 Å². The molecule has 3 rings (SSSR count). The number of benzene rings is 2. The molecule has 156 valence electrons. The van der Waals surface area contributed by atoms with E-state index in [1.165, 1.54) is 4.80 Å². The first-order valence-corrected chi connectivity index (χ1v) is 9.91. The van der Waals surface area contributed by atoms with Crippen molar-refractivity contribution in [2.45, 2.75) is 39.5 Å². The zero-order chi connectivity index (χ0) is 21.0. The number of hydrogen-bond acceptors (Lipinski definition) is 6. The van der Waals surface area contributed by atoms with E-state index < -0.39 is 0 Å². The molecular formula is C22H30N4O3. The summed E-state index contributed by atoms with van der Waals surface area (Å²) in [4.78, 5) is 3.80. The number of aromatic nitrogens is 3. The minimum Gasteiger partial charge on any atom is -0.505 e. The number of ether oxygens (including phenoxy) is 2. The van der Waals surface area contributed by atoms with E-state index in [2.05, 4.69) is 28.9 Å². The van der Waals surface area contributed by atoms with Gasteiger partial charge in [0.2, 0.25) is 0 Å². The normalized spacial score (nSPS) is 12.9. The van der Waals surface area contributed by atoms with E-state index in [4.69, 9.17) is 9.47 Å². The predicted molar refractivity (Wildman–Crippen MR) is 113 cm³/mol. The minimum atomic E-state index is -0.278. The van der Waals surface area contributed by atoms with Gasteiger partial charge >= 0.3 is 0 Å². The van der Waals surface area contributed by atoms with Crippen molar-refractivity contribution in [3.63, 3.8) is 0 Å². The average Bonchev–Trinajstić information content (AvgIpc) is 3.15. The van der Waals surface area contributed by atoms with Crippen molar-refractivity contribution >= 4 is 11.0 Å². The maximum absolute atomic E-state index is 11.0. The van der Waals surface area contributed by atoms with Gasteiger partial charge in [0.15, 0.2) is 6.29 Å². The summed E-state index contributed by atoms with van der Waals surface area (Å²) in [7, 11) is 3.29. The lowest BCUT2D eigenvalue weighted by molar-refractivity contribution is -0.119. The molecule has 0 aliphatic heterocycles. The van der Waals surface area contributed by atoms with Gasteiger partial charge in [-0.15, -0.1) is 15.0 Å². The van der Waals surface area contributed by atoms with Gasteiger partial charge in [0, 0.05) is 26.8 Å². The number of phenolic OH excluding ortho intramolecular Hbond substituents is 1. The highest BCUT2D eigenvalue weighted by atomic mass is 16.7. The summed E-state index contributed by atoms with van der Waals surface area (Å²) in [5, 5.41) is 20.0. The lowest BCUT2D eigenvalue weighted by atomic mass is 10.0. The van der Waals surface area contributed by atoms with E-state index in [9.17, 15) is 5.11 Å². The van der Waals surface area contributed by atoms with E-state index >= 15 is 0 Å². The van der Waals surface area contributed by atoms with Crippen molar-refractivity contribution in [2.24, 2.45) is 0 Å². The standard InChI is InChI=1S/C22H30N4O3/c1-6-25(14-21(28-4)29-5)16(3)13-17-11-15(2)12-20(22(17)27)26-23-18-9-7-8-10-19(18)24-26/h7-12,16,21,27H,6,13-14H2,1-5H3. The van der Waals surface area contributed by atoms with Crippen molar-refractivity contribution in [2.75, 3.05) is 27.3 Å². The smallest absolute Gasteiger partial charge is 0.169 e. The van der Waals surface area contributed by atoms with Crippen molar-refractivity contribution < 1.29 is 14.6 Å². The SMILES string of the molecule is CCN(CC(OC)OC)C(C)Cc1cc(C)cc(-n2nc3ccccc3n2)c1O. The highest BCUT2D eigenvalue weighted by molar-refractivity contribution is 5.73. The number of phenols is 1. The summed E-state index contributed by atoms with van der Waals surface area (Å²) in [5.74, 6) is 0.217. The highest BCUT2D eigenvalue weighted by Gasteiger charge is 2.21. The summed E-state index contributed by atoms with van der Waals surface area (Å²) in [6.45, 7) is 7.79. The minimum absolute atomic E-state index is 0.193. The molecule has 1 unspecified atom stereocenters. The lowest BCUT2D eigenvalue weighted by Gasteiger charge is -2.30. The number of rotatable bonds is 9. The molecule has 1 heterocycles. The van der Waals surface area contributed by atoms with Gasteiger partial charge in [-0.1, -0.05) is 25.1 Å². The molecule has 0 amide bonds. The third kappa shape index (κ3) is 4.75. The third-order valence-electron chi connectivity index (χ3n) is 5.27. The molecule has 0 aliphatic carbocycles. The Morgan fingerprint density at radius 2 is 1.72 bits per heavy atom. The topological polar surface area (TPSA) is 72.6 Å². The first kappa shape index (κ1) is 21.2. The lowest BCUT2D eigenvalue weighted by Crippen LogP contribution is -2.41. The van der Waals surface area contributed by atoms with Gasteiger partial charge < -0.3 is 14.6 Å². The van der Waals surface area contributed by atoms with Crippen LogP contribution in [0.15, 0.2) is 36.4 Å². The molecule has 1 N–H and O–H groups in total. The predicted octanol–water partition coefficient (Wildman–Crippen LogP) is 3.31. The molecule has 1 aromatic heterocycles. The van der Waals surface area contributed by atoms with Crippen LogP contribution in [0.4, 0.5) is 0 Å². The van der Waals surface area contributed by atoms with Crippen LogP contribution in [0.25, 0.3) is 16.7 Å². The van der Waals surface area contributed by atoms with Gasteiger partial charge in [-0.25, -0.2) is 0 Å². The number of fused-ring (bicyclic) bond motifs is 1. The van der Waals surface area contributed by atoms with Crippen LogP contribution >= 0.6 is 0 Å². The Hall–Kier alpha value is -2.48. The average molecular weight is 399 g/mol. The van der Waals surface area contributed by atoms with E-state index in [-0.39, 0.29) is 18.1 Å². The summed E-state index contributed by atoms with van der Waals surface area (Å²) >= 11 is 0. The summed E-state index contributed by atoms with van der Waals surface area (Å²) in [6, 6.07) is 11.8. The van der Waals surface area contributed by atoms with Crippen LogP contribution in [0.5, 0.6) is 5.75 Å². The van der Waals surface area contributed by atoms with Gasteiger partial charge in [0.1, 0.15) is 22.5 Å². The molecule has 7 nitrogen and oxygen atoms in total. The monoisotopic (exact) mass is 398 g/mol.